The number of ether oxygens (including phenoxy) is 2. The van der Waals surface area contributed by atoms with Crippen molar-refractivity contribution in [2.24, 2.45) is 0 Å². The van der Waals surface area contributed by atoms with Gasteiger partial charge in [0.15, 0.2) is 12.7 Å². The summed E-state index contributed by atoms with van der Waals surface area (Å²) in [6.07, 6.45) is -0.848. The van der Waals surface area contributed by atoms with Gasteiger partial charge in [0.1, 0.15) is 11.8 Å². The molecule has 0 radical (unpaired) electrons. The highest BCUT2D eigenvalue weighted by molar-refractivity contribution is 6.32. The molecule has 0 aliphatic carbocycles. The van der Waals surface area contributed by atoms with Crippen LogP contribution in [0.5, 0.6) is 5.75 Å². The van der Waals surface area contributed by atoms with Gasteiger partial charge in [-0.3, -0.25) is 4.79 Å². The van der Waals surface area contributed by atoms with Gasteiger partial charge in [0.25, 0.3) is 5.91 Å². The first-order valence-corrected chi connectivity index (χ1v) is 7.75. The fourth-order valence-corrected chi connectivity index (χ4v) is 2.11. The normalized spacial score (nSPS) is 11.1. The van der Waals surface area contributed by atoms with Crippen LogP contribution in [-0.4, -0.2) is 24.6 Å². The van der Waals surface area contributed by atoms with Crippen molar-refractivity contribution < 1.29 is 19.1 Å². The summed E-state index contributed by atoms with van der Waals surface area (Å²) >= 11 is 5.88. The van der Waals surface area contributed by atoms with E-state index in [2.05, 4.69) is 5.32 Å². The molecule has 1 atom stereocenters. The van der Waals surface area contributed by atoms with E-state index >= 15 is 0 Å². The summed E-state index contributed by atoms with van der Waals surface area (Å²) in [5.41, 5.74) is 0.705. The first kappa shape index (κ1) is 18.3. The average Bonchev–Trinajstić information content (AvgIpc) is 2.60. The maximum absolute atomic E-state index is 11.9. The molecule has 6 nitrogen and oxygen atoms in total. The van der Waals surface area contributed by atoms with E-state index in [0.717, 1.165) is 0 Å². The highest BCUT2D eigenvalue weighted by atomic mass is 35.5. The molecule has 1 amide bonds. The van der Waals surface area contributed by atoms with Crippen LogP contribution in [0.2, 0.25) is 5.02 Å². The Bertz CT molecular complexity index is 802. The second-order valence-electron chi connectivity index (χ2n) is 5.04. The van der Waals surface area contributed by atoms with Crippen LogP contribution in [0, 0.1) is 11.3 Å². The van der Waals surface area contributed by atoms with Crippen molar-refractivity contribution in [2.75, 3.05) is 11.9 Å². The largest absolute Gasteiger partial charge is 0.479 e. The van der Waals surface area contributed by atoms with E-state index in [9.17, 15) is 9.59 Å². The van der Waals surface area contributed by atoms with Gasteiger partial charge in [-0.1, -0.05) is 29.8 Å². The Kier molecular flexibility index (Phi) is 6.38. The van der Waals surface area contributed by atoms with Crippen LogP contribution in [0.4, 0.5) is 5.69 Å². The molecule has 1 unspecified atom stereocenters. The molecule has 128 valence electrons. The molecule has 25 heavy (non-hydrogen) atoms. The smallest absolute Gasteiger partial charge is 0.347 e. The number of nitrogens with zero attached hydrogens (tertiary/aromatic N) is 1. The highest BCUT2D eigenvalue weighted by Gasteiger charge is 2.18. The Morgan fingerprint density at radius 1 is 1.24 bits per heavy atom. The molecule has 0 heterocycles. The lowest BCUT2D eigenvalue weighted by molar-refractivity contribution is -0.153. The molecule has 0 saturated carbocycles. The summed E-state index contributed by atoms with van der Waals surface area (Å²) in [6.45, 7) is 1.08. The third-order valence-corrected chi connectivity index (χ3v) is 3.42. The van der Waals surface area contributed by atoms with E-state index in [4.69, 9.17) is 26.3 Å². The van der Waals surface area contributed by atoms with Crippen molar-refractivity contribution in [3.05, 3.63) is 59.1 Å². The number of rotatable bonds is 6. The summed E-state index contributed by atoms with van der Waals surface area (Å²) in [7, 11) is 0. The maximum atomic E-state index is 11.9. The van der Waals surface area contributed by atoms with Crippen LogP contribution in [-0.2, 0) is 14.3 Å². The van der Waals surface area contributed by atoms with Gasteiger partial charge in [0.05, 0.1) is 10.6 Å². The van der Waals surface area contributed by atoms with Gasteiger partial charge >= 0.3 is 5.97 Å². The Hall–Kier alpha value is -3.04. The Labute approximate surface area is 149 Å². The van der Waals surface area contributed by atoms with E-state index in [0.29, 0.717) is 17.0 Å². The standard InChI is InChI=1S/C18H15ClN2O4/c1-12(25-15-5-3-2-4-6-15)18(23)24-11-17(22)21-14-8-7-13(10-20)16(19)9-14/h2-9,12H,11H2,1H3,(H,21,22). The molecule has 2 rings (SSSR count). The molecular formula is C18H15ClN2O4. The van der Waals surface area contributed by atoms with Gasteiger partial charge in [0.2, 0.25) is 0 Å². The van der Waals surface area contributed by atoms with Gasteiger partial charge in [0, 0.05) is 5.69 Å². The molecule has 0 bridgehead atoms. The molecule has 0 aromatic heterocycles. The minimum absolute atomic E-state index is 0.224. The third-order valence-electron chi connectivity index (χ3n) is 3.11. The number of carbonyl (C=O) groups is 2. The number of nitrogens with one attached hydrogen (secondary N) is 1. The number of nitriles is 1. The molecule has 1 N–H and O–H groups in total. The first-order valence-electron chi connectivity index (χ1n) is 7.37. The molecule has 2 aromatic carbocycles. The molecule has 0 aliphatic rings. The van der Waals surface area contributed by atoms with Crippen LogP contribution in [0.25, 0.3) is 0 Å². The van der Waals surface area contributed by atoms with Crippen molar-refractivity contribution in [1.29, 1.82) is 5.26 Å². The molecule has 0 saturated heterocycles. The van der Waals surface area contributed by atoms with E-state index in [1.165, 1.54) is 25.1 Å². The van der Waals surface area contributed by atoms with Crippen LogP contribution in [0.15, 0.2) is 48.5 Å². The summed E-state index contributed by atoms with van der Waals surface area (Å²) in [5, 5.41) is 11.6. The van der Waals surface area contributed by atoms with E-state index < -0.39 is 24.6 Å². The summed E-state index contributed by atoms with van der Waals surface area (Å²) < 4.78 is 10.3. The predicted octanol–water partition coefficient (Wildman–Crippen LogP) is 3.16. The zero-order chi connectivity index (χ0) is 18.2. The molecule has 7 heteroatoms. The minimum atomic E-state index is -0.848. The van der Waals surface area contributed by atoms with Gasteiger partial charge < -0.3 is 14.8 Å². The minimum Gasteiger partial charge on any atom is -0.479 e. The fraction of sp³-hybridized carbons (Fsp3) is 0.167. The van der Waals surface area contributed by atoms with Crippen LogP contribution in [0.1, 0.15) is 12.5 Å². The average molecular weight is 359 g/mol. The zero-order valence-electron chi connectivity index (χ0n) is 13.4. The molecule has 0 fully saturated rings. The van der Waals surface area contributed by atoms with Crippen molar-refractivity contribution in [1.82, 2.24) is 0 Å². The molecule has 2 aromatic rings. The molecular weight excluding hydrogens is 344 g/mol. The Morgan fingerprint density at radius 2 is 1.96 bits per heavy atom. The number of anilines is 1. The quantitative estimate of drug-likeness (QED) is 0.801. The second-order valence-corrected chi connectivity index (χ2v) is 5.44. The van der Waals surface area contributed by atoms with Crippen LogP contribution >= 0.6 is 11.6 Å². The lowest BCUT2D eigenvalue weighted by Gasteiger charge is -2.14. The second kappa shape index (κ2) is 8.71. The van der Waals surface area contributed by atoms with Crippen molar-refractivity contribution in [3.8, 4) is 11.8 Å². The maximum Gasteiger partial charge on any atom is 0.347 e. The Balaban J connectivity index is 1.82. The number of para-hydroxylation sites is 1. The third kappa shape index (κ3) is 5.52. The summed E-state index contributed by atoms with van der Waals surface area (Å²) in [4.78, 5) is 23.7. The molecule has 0 spiro atoms. The Morgan fingerprint density at radius 3 is 2.60 bits per heavy atom. The SMILES string of the molecule is CC(Oc1ccccc1)C(=O)OCC(=O)Nc1ccc(C#N)c(Cl)c1. The number of hydrogen-bond acceptors (Lipinski definition) is 5. The fourth-order valence-electron chi connectivity index (χ4n) is 1.89. The van der Waals surface area contributed by atoms with Crippen molar-refractivity contribution in [2.45, 2.75) is 13.0 Å². The summed E-state index contributed by atoms with van der Waals surface area (Å²) in [5.74, 6) is -0.651. The van der Waals surface area contributed by atoms with Crippen LogP contribution in [0.3, 0.4) is 0 Å². The van der Waals surface area contributed by atoms with Crippen LogP contribution < -0.4 is 10.1 Å². The van der Waals surface area contributed by atoms with Gasteiger partial charge in [-0.25, -0.2) is 4.79 Å². The van der Waals surface area contributed by atoms with E-state index in [1.807, 2.05) is 12.1 Å². The molecule has 0 aliphatic heterocycles. The summed E-state index contributed by atoms with van der Waals surface area (Å²) in [6, 6.07) is 15.2. The number of esters is 1. The van der Waals surface area contributed by atoms with E-state index in [-0.39, 0.29) is 5.02 Å². The zero-order valence-corrected chi connectivity index (χ0v) is 14.1. The van der Waals surface area contributed by atoms with Gasteiger partial charge in [-0.15, -0.1) is 0 Å². The van der Waals surface area contributed by atoms with Crippen molar-refractivity contribution >= 4 is 29.2 Å². The number of amides is 1. The monoisotopic (exact) mass is 358 g/mol. The lowest BCUT2D eigenvalue weighted by atomic mass is 10.2. The number of benzene rings is 2. The predicted molar refractivity (Wildman–Crippen MR) is 92.3 cm³/mol. The lowest BCUT2D eigenvalue weighted by Crippen LogP contribution is -2.29. The first-order chi connectivity index (χ1) is 12.0. The topological polar surface area (TPSA) is 88.4 Å². The number of carbonyl (C=O) groups excluding carboxylic acids is 2. The van der Waals surface area contributed by atoms with Gasteiger partial charge in [-0.2, -0.15) is 5.26 Å². The number of hydrogen-bond donors (Lipinski definition) is 1. The van der Waals surface area contributed by atoms with E-state index in [1.54, 1.807) is 24.3 Å². The highest BCUT2D eigenvalue weighted by Crippen LogP contribution is 2.20. The number of halogens is 1. The van der Waals surface area contributed by atoms with Gasteiger partial charge in [-0.05, 0) is 37.3 Å². The van der Waals surface area contributed by atoms with Crippen molar-refractivity contribution in [3.63, 3.8) is 0 Å².